The third kappa shape index (κ3) is 5.19. The van der Waals surface area contributed by atoms with Crippen LogP contribution < -0.4 is 5.32 Å². The largest absolute Gasteiger partial charge is 0.345 e. The van der Waals surface area contributed by atoms with Gasteiger partial charge >= 0.3 is 0 Å². The molecule has 3 rings (SSSR count). The van der Waals surface area contributed by atoms with Gasteiger partial charge in [0.1, 0.15) is 0 Å². The Morgan fingerprint density at radius 1 is 1.00 bits per heavy atom. The van der Waals surface area contributed by atoms with Gasteiger partial charge in [0, 0.05) is 6.42 Å². The first kappa shape index (κ1) is 19.6. The Bertz CT molecular complexity index is 854. The second-order valence-corrected chi connectivity index (χ2v) is 9.75. The third-order valence-electron chi connectivity index (χ3n) is 5.27. The van der Waals surface area contributed by atoms with E-state index in [9.17, 15) is 13.2 Å². The van der Waals surface area contributed by atoms with Crippen LogP contribution in [0.1, 0.15) is 54.8 Å². The number of amides is 1. The second kappa shape index (κ2) is 8.70. The minimum absolute atomic E-state index is 0.00796. The Morgan fingerprint density at radius 3 is 2.22 bits per heavy atom. The molecule has 1 atom stereocenters. The smallest absolute Gasteiger partial charge is 0.221 e. The van der Waals surface area contributed by atoms with E-state index in [2.05, 4.69) is 5.32 Å². The summed E-state index contributed by atoms with van der Waals surface area (Å²) in [5, 5.41) is 2.77. The third-order valence-corrected chi connectivity index (χ3v) is 7.53. The molecule has 2 aromatic carbocycles. The van der Waals surface area contributed by atoms with Crippen LogP contribution in [0.4, 0.5) is 0 Å². The molecule has 1 amide bonds. The fraction of sp³-hybridized carbons (Fsp3) is 0.409. The van der Waals surface area contributed by atoms with E-state index in [-0.39, 0.29) is 29.4 Å². The van der Waals surface area contributed by atoms with Crippen LogP contribution in [0.15, 0.2) is 54.6 Å². The van der Waals surface area contributed by atoms with Crippen LogP contribution >= 0.6 is 0 Å². The van der Waals surface area contributed by atoms with Crippen molar-refractivity contribution in [3.05, 3.63) is 71.3 Å². The van der Waals surface area contributed by atoms with Crippen molar-refractivity contribution >= 4 is 15.7 Å². The first-order valence-corrected chi connectivity index (χ1v) is 11.3. The lowest BCUT2D eigenvalue weighted by atomic mass is 9.97. The molecule has 0 bridgehead atoms. The zero-order valence-corrected chi connectivity index (χ0v) is 16.5. The van der Waals surface area contributed by atoms with Gasteiger partial charge < -0.3 is 5.32 Å². The minimum Gasteiger partial charge on any atom is -0.345 e. The number of nitrogens with one attached hydrogen (secondary N) is 1. The zero-order valence-electron chi connectivity index (χ0n) is 15.7. The molecular weight excluding hydrogens is 358 g/mol. The van der Waals surface area contributed by atoms with Gasteiger partial charge in [0.15, 0.2) is 9.84 Å². The highest BCUT2D eigenvalue weighted by Gasteiger charge is 2.29. The Balaban J connectivity index is 1.70. The van der Waals surface area contributed by atoms with Crippen molar-refractivity contribution < 1.29 is 13.2 Å². The fourth-order valence-electron chi connectivity index (χ4n) is 3.65. The van der Waals surface area contributed by atoms with E-state index < -0.39 is 9.84 Å². The highest BCUT2D eigenvalue weighted by Crippen LogP contribution is 2.26. The van der Waals surface area contributed by atoms with Gasteiger partial charge in [-0.2, -0.15) is 0 Å². The summed E-state index contributed by atoms with van der Waals surface area (Å²) in [6.07, 6.45) is 3.42. The predicted octanol–water partition coefficient (Wildman–Crippen LogP) is 3.95. The highest BCUT2D eigenvalue weighted by molar-refractivity contribution is 7.92. The van der Waals surface area contributed by atoms with Crippen LogP contribution in [0.2, 0.25) is 0 Å². The lowest BCUT2D eigenvalue weighted by Gasteiger charge is -2.20. The molecule has 1 unspecified atom stereocenters. The molecule has 4 nitrogen and oxygen atoms in total. The maximum atomic E-state index is 12.6. The number of benzene rings is 2. The molecule has 1 fully saturated rings. The van der Waals surface area contributed by atoms with Crippen LogP contribution in [0.3, 0.4) is 0 Å². The summed E-state index contributed by atoms with van der Waals surface area (Å²) in [5.41, 5.74) is 3.12. The number of hydrogen-bond acceptors (Lipinski definition) is 3. The molecule has 0 aromatic heterocycles. The maximum Gasteiger partial charge on any atom is 0.221 e. The average molecular weight is 386 g/mol. The van der Waals surface area contributed by atoms with Crippen molar-refractivity contribution in [3.8, 4) is 0 Å². The molecule has 2 aromatic rings. The van der Waals surface area contributed by atoms with Gasteiger partial charge in [-0.1, -0.05) is 73.0 Å². The SMILES string of the molecule is Cc1ccc(C(NC(=O)CCS(=O)(=O)C2CCCC2)c2ccccc2)cc1. The molecule has 1 N–H and O–H groups in total. The monoisotopic (exact) mass is 385 g/mol. The maximum absolute atomic E-state index is 12.6. The molecule has 1 aliphatic carbocycles. The molecule has 1 saturated carbocycles. The number of sulfone groups is 1. The number of carbonyl (C=O) groups excluding carboxylic acids is 1. The van der Waals surface area contributed by atoms with Crippen molar-refractivity contribution in [1.82, 2.24) is 5.32 Å². The minimum atomic E-state index is -3.19. The van der Waals surface area contributed by atoms with Gasteiger partial charge in [-0.15, -0.1) is 0 Å². The molecule has 5 heteroatoms. The van der Waals surface area contributed by atoms with Crippen LogP contribution in [0, 0.1) is 6.92 Å². The number of aryl methyl sites for hydroxylation is 1. The van der Waals surface area contributed by atoms with E-state index in [1.165, 1.54) is 0 Å². The summed E-state index contributed by atoms with van der Waals surface area (Å²) >= 11 is 0. The Kier molecular flexibility index (Phi) is 6.32. The van der Waals surface area contributed by atoms with Gasteiger partial charge in [0.25, 0.3) is 0 Å². The van der Waals surface area contributed by atoms with E-state index in [4.69, 9.17) is 0 Å². The summed E-state index contributed by atoms with van der Waals surface area (Å²) in [4.78, 5) is 12.6. The van der Waals surface area contributed by atoms with Crippen molar-refractivity contribution in [1.29, 1.82) is 0 Å². The van der Waals surface area contributed by atoms with E-state index >= 15 is 0 Å². The summed E-state index contributed by atoms with van der Waals surface area (Å²) in [5.74, 6) is -0.301. The van der Waals surface area contributed by atoms with Crippen molar-refractivity contribution in [2.45, 2.75) is 50.3 Å². The topological polar surface area (TPSA) is 63.2 Å². The van der Waals surface area contributed by atoms with Crippen molar-refractivity contribution in [2.24, 2.45) is 0 Å². The molecule has 27 heavy (non-hydrogen) atoms. The van der Waals surface area contributed by atoms with E-state index in [1.807, 2.05) is 61.5 Å². The van der Waals surface area contributed by atoms with Crippen LogP contribution in [0.25, 0.3) is 0 Å². The van der Waals surface area contributed by atoms with Gasteiger partial charge in [0.05, 0.1) is 17.0 Å². The Morgan fingerprint density at radius 2 is 1.59 bits per heavy atom. The first-order valence-electron chi connectivity index (χ1n) is 9.58. The van der Waals surface area contributed by atoms with E-state index in [0.29, 0.717) is 0 Å². The van der Waals surface area contributed by atoms with Crippen molar-refractivity contribution in [3.63, 3.8) is 0 Å². The molecular formula is C22H27NO3S. The normalized spacial score (nSPS) is 16.2. The predicted molar refractivity (Wildman–Crippen MR) is 108 cm³/mol. The lowest BCUT2D eigenvalue weighted by Crippen LogP contribution is -2.32. The molecule has 144 valence electrons. The van der Waals surface area contributed by atoms with Crippen LogP contribution in [-0.2, 0) is 14.6 Å². The molecule has 0 radical (unpaired) electrons. The quantitative estimate of drug-likeness (QED) is 0.785. The van der Waals surface area contributed by atoms with Gasteiger partial charge in [0.2, 0.25) is 5.91 Å². The molecule has 0 aliphatic heterocycles. The summed E-state index contributed by atoms with van der Waals surface area (Å²) in [6, 6.07) is 17.5. The van der Waals surface area contributed by atoms with E-state index in [0.717, 1.165) is 42.4 Å². The zero-order chi connectivity index (χ0) is 19.3. The van der Waals surface area contributed by atoms with Gasteiger partial charge in [-0.25, -0.2) is 8.42 Å². The summed E-state index contributed by atoms with van der Waals surface area (Å²) < 4.78 is 24.8. The summed E-state index contributed by atoms with van der Waals surface area (Å²) in [6.45, 7) is 2.02. The Hall–Kier alpha value is -2.14. The van der Waals surface area contributed by atoms with Crippen molar-refractivity contribution in [2.75, 3.05) is 5.75 Å². The molecule has 0 spiro atoms. The van der Waals surface area contributed by atoms with Crippen LogP contribution in [0.5, 0.6) is 0 Å². The molecule has 0 saturated heterocycles. The fourth-order valence-corrected chi connectivity index (χ4v) is 5.50. The molecule has 0 heterocycles. The number of hydrogen-bond donors (Lipinski definition) is 1. The average Bonchev–Trinajstić information content (AvgIpc) is 3.22. The van der Waals surface area contributed by atoms with Crippen LogP contribution in [-0.4, -0.2) is 25.3 Å². The number of rotatable bonds is 7. The van der Waals surface area contributed by atoms with Gasteiger partial charge in [-0.3, -0.25) is 4.79 Å². The molecule has 1 aliphatic rings. The number of carbonyl (C=O) groups is 1. The standard InChI is InChI=1S/C22H27NO3S/c1-17-11-13-19(14-12-17)22(18-7-3-2-4-8-18)23-21(24)15-16-27(25,26)20-9-5-6-10-20/h2-4,7-8,11-14,20,22H,5-6,9-10,15-16H2,1H3,(H,23,24). The second-order valence-electron chi connectivity index (χ2n) is 7.35. The van der Waals surface area contributed by atoms with E-state index in [1.54, 1.807) is 0 Å². The van der Waals surface area contributed by atoms with Gasteiger partial charge in [-0.05, 0) is 30.9 Å². The first-order chi connectivity index (χ1) is 13.0. The summed E-state index contributed by atoms with van der Waals surface area (Å²) in [7, 11) is -3.19. The highest BCUT2D eigenvalue weighted by atomic mass is 32.2. The lowest BCUT2D eigenvalue weighted by molar-refractivity contribution is -0.121. The Labute approximate surface area is 161 Å².